The summed E-state index contributed by atoms with van der Waals surface area (Å²) < 4.78 is 60.2. The smallest absolute Gasteiger partial charge is 0.323 e. The number of nitrogens with one attached hydrogen (secondary N) is 1. The number of pyridine rings is 1. The van der Waals surface area contributed by atoms with E-state index in [1.807, 2.05) is 6.08 Å². The third-order valence-electron chi connectivity index (χ3n) is 5.15. The predicted octanol–water partition coefficient (Wildman–Crippen LogP) is 2.81. The third-order valence-corrected chi connectivity index (χ3v) is 5.15. The summed E-state index contributed by atoms with van der Waals surface area (Å²) in [5, 5.41) is 24.4. The van der Waals surface area contributed by atoms with E-state index >= 15 is 8.78 Å². The van der Waals surface area contributed by atoms with Gasteiger partial charge in [-0.05, 0) is 53.4 Å². The average molecular weight is 470 g/mol. The Morgan fingerprint density at radius 2 is 2.00 bits per heavy atom. The van der Waals surface area contributed by atoms with E-state index in [-0.39, 0.29) is 0 Å². The Kier molecular flexibility index (Phi) is 6.43. The first kappa shape index (κ1) is 23.1. The van der Waals surface area contributed by atoms with Gasteiger partial charge in [0.15, 0.2) is 5.60 Å². The number of tetrazole rings is 1. The number of hydrogen-bond acceptors (Lipinski definition) is 6. The minimum absolute atomic E-state index is 0.364. The molecule has 0 radical (unpaired) electrons. The zero-order valence-electron chi connectivity index (χ0n) is 17.6. The molecule has 0 aliphatic carbocycles. The summed E-state index contributed by atoms with van der Waals surface area (Å²) in [6.07, 6.45) is 8.42. The van der Waals surface area contributed by atoms with Gasteiger partial charge in [-0.3, -0.25) is 4.98 Å². The Balaban J connectivity index is 1.69. The predicted molar refractivity (Wildman–Crippen MR) is 113 cm³/mol. The lowest BCUT2D eigenvalue weighted by atomic mass is 9.84. The van der Waals surface area contributed by atoms with Crippen LogP contribution in [0.2, 0.25) is 0 Å². The van der Waals surface area contributed by atoms with Crippen molar-refractivity contribution >= 4 is 0 Å². The van der Waals surface area contributed by atoms with Crippen LogP contribution in [-0.4, -0.2) is 36.8 Å². The third kappa shape index (κ3) is 4.67. The van der Waals surface area contributed by atoms with Crippen molar-refractivity contribution < 1.29 is 22.7 Å². The highest BCUT2D eigenvalue weighted by atomic mass is 19.3. The molecule has 1 aliphatic rings. The van der Waals surface area contributed by atoms with Crippen molar-refractivity contribution in [2.45, 2.75) is 24.5 Å². The van der Waals surface area contributed by atoms with Gasteiger partial charge in [-0.25, -0.2) is 13.5 Å². The number of rotatable bonds is 5. The average Bonchev–Trinajstić information content (AvgIpc) is 3.17. The number of aromatic nitrogens is 5. The first-order valence-corrected chi connectivity index (χ1v) is 10.1. The quantitative estimate of drug-likeness (QED) is 0.441. The summed E-state index contributed by atoms with van der Waals surface area (Å²) in [4.78, 5) is 3.78. The second kappa shape index (κ2) is 9.44. The van der Waals surface area contributed by atoms with Crippen LogP contribution >= 0.6 is 0 Å². The molecule has 1 unspecified atom stereocenters. The van der Waals surface area contributed by atoms with Gasteiger partial charge in [-0.15, -0.1) is 5.10 Å². The van der Waals surface area contributed by atoms with E-state index in [1.54, 1.807) is 12.3 Å². The van der Waals surface area contributed by atoms with Crippen LogP contribution in [0.25, 0.3) is 0 Å². The number of nitrogens with zero attached hydrogens (tertiary/aromatic N) is 5. The van der Waals surface area contributed by atoms with Crippen LogP contribution in [0.4, 0.5) is 17.6 Å². The van der Waals surface area contributed by atoms with Crippen molar-refractivity contribution in [3.8, 4) is 11.8 Å². The fraction of sp³-hybridized carbons (Fsp3) is 0.217. The van der Waals surface area contributed by atoms with Gasteiger partial charge in [0, 0.05) is 35.5 Å². The molecular weight excluding hydrogens is 452 g/mol. The molecule has 1 aromatic carbocycles. The van der Waals surface area contributed by atoms with E-state index in [1.165, 1.54) is 6.07 Å². The molecule has 0 amide bonds. The molecule has 1 aliphatic heterocycles. The van der Waals surface area contributed by atoms with Crippen LogP contribution in [0.5, 0.6) is 0 Å². The van der Waals surface area contributed by atoms with Crippen molar-refractivity contribution in [3.05, 3.63) is 95.2 Å². The minimum Gasteiger partial charge on any atom is -0.391 e. The molecule has 3 aromatic rings. The van der Waals surface area contributed by atoms with Crippen molar-refractivity contribution in [2.75, 3.05) is 6.54 Å². The molecule has 1 atom stereocenters. The summed E-state index contributed by atoms with van der Waals surface area (Å²) in [6, 6.07) is 4.26. The molecule has 2 N–H and O–H groups in total. The van der Waals surface area contributed by atoms with Crippen molar-refractivity contribution in [2.24, 2.45) is 0 Å². The molecule has 4 rings (SSSR count). The molecule has 174 valence electrons. The summed E-state index contributed by atoms with van der Waals surface area (Å²) >= 11 is 0. The Labute approximate surface area is 191 Å². The molecule has 11 heteroatoms. The molecule has 2 aromatic heterocycles. The maximum absolute atomic E-state index is 15.7. The van der Waals surface area contributed by atoms with Gasteiger partial charge >= 0.3 is 5.92 Å². The molecule has 3 heterocycles. The molecule has 34 heavy (non-hydrogen) atoms. The normalized spacial score (nSPS) is 15.4. The molecule has 0 spiro atoms. The van der Waals surface area contributed by atoms with E-state index < -0.39 is 41.0 Å². The van der Waals surface area contributed by atoms with E-state index in [2.05, 4.69) is 37.7 Å². The SMILES string of the molecule is OC(Cn1cnnn1)(c1ccc(F)cc1F)C(F)(F)c1ccc(C#CC2=CCCNC=C2)cn1. The van der Waals surface area contributed by atoms with Crippen molar-refractivity contribution in [3.63, 3.8) is 0 Å². The highest BCUT2D eigenvalue weighted by Gasteiger charge is 2.57. The number of halogens is 4. The zero-order valence-corrected chi connectivity index (χ0v) is 17.6. The number of allylic oxidation sites excluding steroid dienone is 2. The van der Waals surface area contributed by atoms with Crippen molar-refractivity contribution in [1.29, 1.82) is 0 Å². The van der Waals surface area contributed by atoms with Gasteiger partial charge in [0.25, 0.3) is 0 Å². The maximum Gasteiger partial charge on any atom is 0.323 e. The summed E-state index contributed by atoms with van der Waals surface area (Å²) in [6.45, 7) is -0.136. The highest BCUT2D eigenvalue weighted by Crippen LogP contribution is 2.46. The highest BCUT2D eigenvalue weighted by molar-refractivity contribution is 5.45. The fourth-order valence-corrected chi connectivity index (χ4v) is 3.38. The summed E-state index contributed by atoms with van der Waals surface area (Å²) in [7, 11) is 0. The van der Waals surface area contributed by atoms with Gasteiger partial charge < -0.3 is 10.4 Å². The minimum atomic E-state index is -4.12. The number of benzene rings is 1. The maximum atomic E-state index is 15.7. The first-order chi connectivity index (χ1) is 16.3. The van der Waals surface area contributed by atoms with Crippen LogP contribution in [0.1, 0.15) is 23.2 Å². The Morgan fingerprint density at radius 3 is 2.71 bits per heavy atom. The second-order valence-electron chi connectivity index (χ2n) is 7.48. The number of alkyl halides is 2. The lowest BCUT2D eigenvalue weighted by Crippen LogP contribution is -2.48. The molecule has 0 fully saturated rings. The fourth-order valence-electron chi connectivity index (χ4n) is 3.38. The number of aliphatic hydroxyl groups is 1. The largest absolute Gasteiger partial charge is 0.391 e. The zero-order chi connectivity index (χ0) is 24.2. The van der Waals surface area contributed by atoms with E-state index in [0.717, 1.165) is 53.9 Å². The summed E-state index contributed by atoms with van der Waals surface area (Å²) in [5.74, 6) is -0.680. The van der Waals surface area contributed by atoms with E-state index in [9.17, 15) is 13.9 Å². The Hall–Kier alpha value is -4.04. The van der Waals surface area contributed by atoms with Gasteiger partial charge in [-0.1, -0.05) is 17.9 Å². The Bertz CT molecular complexity index is 1280. The number of hydrogen-bond donors (Lipinski definition) is 2. The van der Waals surface area contributed by atoms with Crippen LogP contribution < -0.4 is 5.32 Å². The first-order valence-electron chi connectivity index (χ1n) is 10.1. The van der Waals surface area contributed by atoms with Gasteiger partial charge in [0.1, 0.15) is 23.7 Å². The molecule has 0 saturated carbocycles. The van der Waals surface area contributed by atoms with Crippen LogP contribution in [0.15, 0.2) is 66.8 Å². The van der Waals surface area contributed by atoms with Crippen LogP contribution in [0, 0.1) is 23.5 Å². The van der Waals surface area contributed by atoms with Crippen molar-refractivity contribution in [1.82, 2.24) is 30.5 Å². The second-order valence-corrected chi connectivity index (χ2v) is 7.48. The lowest BCUT2D eigenvalue weighted by molar-refractivity contribution is -0.207. The van der Waals surface area contributed by atoms with Gasteiger partial charge in [0.2, 0.25) is 0 Å². The molecule has 7 nitrogen and oxygen atoms in total. The molecule has 0 bridgehead atoms. The Morgan fingerprint density at radius 1 is 1.15 bits per heavy atom. The van der Waals surface area contributed by atoms with E-state index in [4.69, 9.17) is 0 Å². The monoisotopic (exact) mass is 470 g/mol. The topological polar surface area (TPSA) is 88.8 Å². The van der Waals surface area contributed by atoms with Crippen LogP contribution in [0.3, 0.4) is 0 Å². The standard InChI is InChI=1S/C23H18F4N6O/c24-18-6-7-19(20(25)12-18)22(34,14-33-15-30-31-32-33)23(26,27)21-8-5-17(13-29-21)4-3-16-2-1-10-28-11-9-16/h2,5-9,11-13,15,28,34H,1,10,14H2. The van der Waals surface area contributed by atoms with Crippen LogP contribution in [-0.2, 0) is 18.1 Å². The lowest BCUT2D eigenvalue weighted by Gasteiger charge is -2.35. The van der Waals surface area contributed by atoms with Gasteiger partial charge in [0.05, 0.1) is 6.54 Å². The van der Waals surface area contributed by atoms with E-state index in [0.29, 0.717) is 11.6 Å². The molecule has 0 saturated heterocycles. The van der Waals surface area contributed by atoms with Gasteiger partial charge in [-0.2, -0.15) is 8.78 Å². The molecular formula is C23H18F4N6O. The summed E-state index contributed by atoms with van der Waals surface area (Å²) in [5.41, 5.74) is -3.73.